The smallest absolute Gasteiger partial charge is 0.0486 e. The summed E-state index contributed by atoms with van der Waals surface area (Å²) in [7, 11) is 0. The van der Waals surface area contributed by atoms with Crippen molar-refractivity contribution in [2.45, 2.75) is 39.7 Å². The minimum absolute atomic E-state index is 0.844. The normalized spacial score (nSPS) is 10.9. The van der Waals surface area contributed by atoms with Crippen LogP contribution in [0.3, 0.4) is 0 Å². The molecule has 0 spiro atoms. The largest absolute Gasteiger partial charge is 0.367 e. The van der Waals surface area contributed by atoms with Gasteiger partial charge in [0.1, 0.15) is 0 Å². The Balaban J connectivity index is 1.86. The molecule has 2 heteroatoms. The number of aryl methyl sites for hydroxylation is 2. The van der Waals surface area contributed by atoms with Gasteiger partial charge in [-0.2, -0.15) is 0 Å². The predicted octanol–water partition coefficient (Wildman–Crippen LogP) is 6.19. The highest BCUT2D eigenvalue weighted by molar-refractivity contribution is 5.85. The minimum Gasteiger partial charge on any atom is -0.367 e. The number of aromatic nitrogens is 1. The molecule has 0 aliphatic carbocycles. The van der Waals surface area contributed by atoms with E-state index < -0.39 is 0 Å². The Labute approximate surface area is 169 Å². The van der Waals surface area contributed by atoms with E-state index in [2.05, 4.69) is 85.1 Å². The van der Waals surface area contributed by atoms with E-state index >= 15 is 0 Å². The molecule has 146 valence electrons. The maximum atomic E-state index is 3.96. The molecule has 0 atom stereocenters. The maximum absolute atomic E-state index is 3.96. The fourth-order valence-corrected chi connectivity index (χ4v) is 3.81. The van der Waals surface area contributed by atoms with Gasteiger partial charge < -0.3 is 9.47 Å². The Morgan fingerprint density at radius 1 is 0.929 bits per heavy atom. The van der Waals surface area contributed by atoms with Gasteiger partial charge in [-0.1, -0.05) is 44.2 Å². The Bertz CT molecular complexity index is 931. The quantitative estimate of drug-likeness (QED) is 0.385. The van der Waals surface area contributed by atoms with Crippen molar-refractivity contribution < 1.29 is 0 Å². The van der Waals surface area contributed by atoms with Gasteiger partial charge in [0.05, 0.1) is 0 Å². The second-order valence-corrected chi connectivity index (χ2v) is 7.31. The summed E-state index contributed by atoms with van der Waals surface area (Å²) < 4.78 is 2.31. The molecule has 3 aromatic rings. The van der Waals surface area contributed by atoms with Crippen molar-refractivity contribution >= 4 is 16.6 Å². The highest BCUT2D eigenvalue weighted by Crippen LogP contribution is 2.25. The Morgan fingerprint density at radius 2 is 1.64 bits per heavy atom. The lowest BCUT2D eigenvalue weighted by Crippen LogP contribution is -2.25. The van der Waals surface area contributed by atoms with E-state index in [1.807, 2.05) is 12.2 Å². The van der Waals surface area contributed by atoms with Crippen LogP contribution in [-0.2, 0) is 25.8 Å². The molecule has 0 fully saturated rings. The van der Waals surface area contributed by atoms with Crippen LogP contribution in [0.25, 0.3) is 10.9 Å². The topological polar surface area (TPSA) is 8.17 Å². The lowest BCUT2D eigenvalue weighted by atomic mass is 10.1. The van der Waals surface area contributed by atoms with Crippen molar-refractivity contribution in [1.29, 1.82) is 0 Å². The number of anilines is 1. The monoisotopic (exact) mass is 372 g/mol. The standard InChI is InChI=1S/C26H32N2/c1-5-16-27(24-12-9-21(7-3)10-13-24)18-15-23-20-28(17-6-2)26-14-11-22(8-4)19-25(23)26/h5-6,9-14,19-20H,1-2,7-8,15-18H2,3-4H3. The zero-order valence-corrected chi connectivity index (χ0v) is 17.3. The molecule has 0 bridgehead atoms. The molecule has 2 aromatic carbocycles. The van der Waals surface area contributed by atoms with Crippen molar-refractivity contribution in [3.8, 4) is 0 Å². The number of rotatable bonds is 10. The molecular weight excluding hydrogens is 340 g/mol. The summed E-state index contributed by atoms with van der Waals surface area (Å²) in [5, 5.41) is 1.38. The van der Waals surface area contributed by atoms with E-state index in [0.717, 1.165) is 38.9 Å². The third kappa shape index (κ3) is 4.39. The highest BCUT2D eigenvalue weighted by atomic mass is 15.1. The summed E-state index contributed by atoms with van der Waals surface area (Å²) in [6.45, 7) is 15.0. The predicted molar refractivity (Wildman–Crippen MR) is 123 cm³/mol. The molecular formula is C26H32N2. The van der Waals surface area contributed by atoms with Gasteiger partial charge in [0.15, 0.2) is 0 Å². The first kappa shape index (κ1) is 20.0. The Morgan fingerprint density at radius 3 is 2.29 bits per heavy atom. The van der Waals surface area contributed by atoms with Crippen LogP contribution in [0.4, 0.5) is 5.69 Å². The second kappa shape index (κ2) is 9.45. The maximum Gasteiger partial charge on any atom is 0.0486 e. The summed E-state index contributed by atoms with van der Waals surface area (Å²) in [5.41, 5.74) is 6.74. The van der Waals surface area contributed by atoms with Gasteiger partial charge in [-0.15, -0.1) is 13.2 Å². The fraction of sp³-hybridized carbons (Fsp3) is 0.308. The van der Waals surface area contributed by atoms with E-state index in [9.17, 15) is 0 Å². The summed E-state index contributed by atoms with van der Waals surface area (Å²) in [4.78, 5) is 2.41. The molecule has 2 nitrogen and oxygen atoms in total. The number of benzene rings is 2. The second-order valence-electron chi connectivity index (χ2n) is 7.31. The van der Waals surface area contributed by atoms with Crippen molar-refractivity contribution in [3.05, 3.63) is 90.7 Å². The lowest BCUT2D eigenvalue weighted by molar-refractivity contribution is 0.822. The summed E-state index contributed by atoms with van der Waals surface area (Å²) in [6.07, 6.45) is 9.41. The van der Waals surface area contributed by atoms with Crippen LogP contribution in [-0.4, -0.2) is 17.7 Å². The van der Waals surface area contributed by atoms with Gasteiger partial charge in [0.25, 0.3) is 0 Å². The number of allylic oxidation sites excluding steroid dienone is 1. The summed E-state index contributed by atoms with van der Waals surface area (Å²) >= 11 is 0. The zero-order chi connectivity index (χ0) is 19.9. The lowest BCUT2D eigenvalue weighted by Gasteiger charge is -2.23. The van der Waals surface area contributed by atoms with Crippen LogP contribution in [0.2, 0.25) is 0 Å². The molecule has 3 rings (SSSR count). The molecule has 0 saturated carbocycles. The molecule has 0 aliphatic heterocycles. The van der Waals surface area contributed by atoms with E-state index in [0.29, 0.717) is 0 Å². The third-order valence-corrected chi connectivity index (χ3v) is 5.47. The first-order valence-corrected chi connectivity index (χ1v) is 10.4. The van der Waals surface area contributed by atoms with Crippen molar-refractivity contribution in [2.24, 2.45) is 0 Å². The highest BCUT2D eigenvalue weighted by Gasteiger charge is 2.11. The van der Waals surface area contributed by atoms with Crippen LogP contribution in [0.5, 0.6) is 0 Å². The van der Waals surface area contributed by atoms with E-state index in [4.69, 9.17) is 0 Å². The number of hydrogen-bond donors (Lipinski definition) is 0. The molecule has 0 amide bonds. The van der Waals surface area contributed by atoms with Gasteiger partial charge in [-0.3, -0.25) is 0 Å². The van der Waals surface area contributed by atoms with E-state index in [1.165, 1.54) is 33.3 Å². The molecule has 0 unspecified atom stereocenters. The molecule has 0 radical (unpaired) electrons. The fourth-order valence-electron chi connectivity index (χ4n) is 3.81. The van der Waals surface area contributed by atoms with Crippen LogP contribution in [0.15, 0.2) is 74.0 Å². The number of nitrogens with zero attached hydrogens (tertiary/aromatic N) is 2. The van der Waals surface area contributed by atoms with Crippen LogP contribution in [0, 0.1) is 0 Å². The van der Waals surface area contributed by atoms with Crippen LogP contribution in [0.1, 0.15) is 30.5 Å². The Hall–Kier alpha value is -2.74. The molecule has 0 aliphatic rings. The zero-order valence-electron chi connectivity index (χ0n) is 17.3. The third-order valence-electron chi connectivity index (χ3n) is 5.47. The summed E-state index contributed by atoms with van der Waals surface area (Å²) in [6, 6.07) is 15.8. The SMILES string of the molecule is C=CCN(CCc1cn(CC=C)c2ccc(CC)cc12)c1ccc(CC)cc1. The van der Waals surface area contributed by atoms with Gasteiger partial charge in [-0.05, 0) is 60.2 Å². The van der Waals surface area contributed by atoms with Crippen molar-refractivity contribution in [3.63, 3.8) is 0 Å². The van der Waals surface area contributed by atoms with Crippen molar-refractivity contribution in [1.82, 2.24) is 4.57 Å². The molecule has 0 N–H and O–H groups in total. The molecule has 1 aromatic heterocycles. The van der Waals surface area contributed by atoms with Crippen LogP contribution < -0.4 is 4.90 Å². The first-order valence-electron chi connectivity index (χ1n) is 10.4. The number of fused-ring (bicyclic) bond motifs is 1. The molecule has 28 heavy (non-hydrogen) atoms. The van der Waals surface area contributed by atoms with E-state index in [1.54, 1.807) is 0 Å². The molecule has 0 saturated heterocycles. The van der Waals surface area contributed by atoms with Gasteiger partial charge in [0, 0.05) is 42.4 Å². The van der Waals surface area contributed by atoms with Crippen molar-refractivity contribution in [2.75, 3.05) is 18.0 Å². The molecule has 1 heterocycles. The van der Waals surface area contributed by atoms with Crippen LogP contribution >= 0.6 is 0 Å². The number of hydrogen-bond acceptors (Lipinski definition) is 1. The Kier molecular flexibility index (Phi) is 6.76. The van der Waals surface area contributed by atoms with Gasteiger partial charge in [0.2, 0.25) is 0 Å². The van der Waals surface area contributed by atoms with Gasteiger partial charge in [-0.25, -0.2) is 0 Å². The summed E-state index contributed by atoms with van der Waals surface area (Å²) in [5.74, 6) is 0. The van der Waals surface area contributed by atoms with Gasteiger partial charge >= 0.3 is 0 Å². The first-order chi connectivity index (χ1) is 13.7. The average molecular weight is 373 g/mol. The van der Waals surface area contributed by atoms with E-state index in [-0.39, 0.29) is 0 Å². The minimum atomic E-state index is 0.844. The average Bonchev–Trinajstić information content (AvgIpc) is 3.08.